The molecule has 0 atom stereocenters. The molecule has 6 nitrogen and oxygen atoms in total. The molecular weight excluding hydrogens is 429 g/mol. The zero-order valence-corrected chi connectivity index (χ0v) is 17.1. The molecule has 2 aromatic rings. The van der Waals surface area contributed by atoms with Crippen LogP contribution in [0.25, 0.3) is 0 Å². The van der Waals surface area contributed by atoms with E-state index in [1.807, 2.05) is 6.92 Å². The van der Waals surface area contributed by atoms with Crippen LogP contribution in [-0.2, 0) is 26.2 Å². The van der Waals surface area contributed by atoms with E-state index >= 15 is 0 Å². The van der Waals surface area contributed by atoms with Crippen molar-refractivity contribution in [1.82, 2.24) is 8.61 Å². The van der Waals surface area contributed by atoms with Gasteiger partial charge in [-0.1, -0.05) is 23.8 Å². The van der Waals surface area contributed by atoms with Crippen LogP contribution in [0.1, 0.15) is 11.1 Å². The van der Waals surface area contributed by atoms with Crippen LogP contribution < -0.4 is 0 Å². The Balaban J connectivity index is 1.77. The van der Waals surface area contributed by atoms with Gasteiger partial charge in [0.25, 0.3) is 0 Å². The second-order valence-electron chi connectivity index (χ2n) is 6.65. The van der Waals surface area contributed by atoms with Crippen LogP contribution >= 0.6 is 0 Å². The molecule has 1 saturated heterocycles. The number of nitrogens with zero attached hydrogens (tertiary/aromatic N) is 2. The molecule has 3 rings (SSSR count). The zero-order chi connectivity index (χ0) is 21.4. The molecule has 29 heavy (non-hydrogen) atoms. The van der Waals surface area contributed by atoms with E-state index in [1.54, 1.807) is 12.1 Å². The number of hydrogen-bond acceptors (Lipinski definition) is 4. The lowest BCUT2D eigenvalue weighted by Gasteiger charge is -2.33. The number of aryl methyl sites for hydroxylation is 1. The van der Waals surface area contributed by atoms with Gasteiger partial charge in [-0.3, -0.25) is 0 Å². The summed E-state index contributed by atoms with van der Waals surface area (Å²) >= 11 is 0. The normalized spacial score (nSPS) is 17.4. The maximum atomic E-state index is 12.9. The van der Waals surface area contributed by atoms with E-state index in [9.17, 15) is 30.0 Å². The maximum absolute atomic E-state index is 12.9. The van der Waals surface area contributed by atoms with E-state index in [0.29, 0.717) is 6.07 Å². The van der Waals surface area contributed by atoms with E-state index in [0.717, 1.165) is 28.1 Å². The Labute approximate surface area is 167 Å². The molecular formula is C18H19F3N2O4S2. The first kappa shape index (κ1) is 21.8. The molecule has 1 aliphatic heterocycles. The van der Waals surface area contributed by atoms with E-state index in [4.69, 9.17) is 0 Å². The van der Waals surface area contributed by atoms with Gasteiger partial charge in [-0.25, -0.2) is 16.8 Å². The molecule has 0 saturated carbocycles. The highest BCUT2D eigenvalue weighted by Crippen LogP contribution is 2.31. The molecule has 2 aromatic carbocycles. The molecule has 1 fully saturated rings. The van der Waals surface area contributed by atoms with Crippen LogP contribution in [-0.4, -0.2) is 51.6 Å². The summed E-state index contributed by atoms with van der Waals surface area (Å²) in [5, 5.41) is 0. The molecule has 1 heterocycles. The third kappa shape index (κ3) is 4.47. The number of hydrogen-bond donors (Lipinski definition) is 0. The van der Waals surface area contributed by atoms with Crippen molar-refractivity contribution in [2.75, 3.05) is 26.2 Å². The molecule has 0 bridgehead atoms. The van der Waals surface area contributed by atoms with Crippen LogP contribution in [0.2, 0.25) is 0 Å². The van der Waals surface area contributed by atoms with Gasteiger partial charge in [-0.2, -0.15) is 21.8 Å². The summed E-state index contributed by atoms with van der Waals surface area (Å²) in [7, 11) is -7.95. The highest BCUT2D eigenvalue weighted by molar-refractivity contribution is 7.89. The van der Waals surface area contributed by atoms with Crippen LogP contribution in [0.3, 0.4) is 0 Å². The number of rotatable bonds is 4. The average molecular weight is 448 g/mol. The Hall–Kier alpha value is -1.95. The Morgan fingerprint density at radius 3 is 1.72 bits per heavy atom. The topological polar surface area (TPSA) is 74.8 Å². The smallest absolute Gasteiger partial charge is 0.207 e. The minimum atomic E-state index is -4.66. The summed E-state index contributed by atoms with van der Waals surface area (Å²) in [6.07, 6.45) is -4.66. The van der Waals surface area contributed by atoms with Gasteiger partial charge in [-0.05, 0) is 37.3 Å². The zero-order valence-electron chi connectivity index (χ0n) is 15.4. The van der Waals surface area contributed by atoms with Gasteiger partial charge in [0, 0.05) is 26.2 Å². The Morgan fingerprint density at radius 2 is 1.24 bits per heavy atom. The van der Waals surface area contributed by atoms with Crippen LogP contribution in [0.4, 0.5) is 13.2 Å². The second kappa shape index (κ2) is 7.71. The largest absolute Gasteiger partial charge is 0.416 e. The molecule has 0 unspecified atom stereocenters. The standard InChI is InChI=1S/C18H19F3N2O4S2/c1-14-5-7-16(8-6-14)28(24,25)22-9-11-23(12-10-22)29(26,27)17-4-2-3-15(13-17)18(19,20)21/h2-8,13H,9-12H2,1H3. The van der Waals surface area contributed by atoms with Crippen molar-refractivity contribution in [3.05, 3.63) is 59.7 Å². The number of sulfonamides is 2. The molecule has 158 valence electrons. The average Bonchev–Trinajstić information content (AvgIpc) is 2.68. The highest BCUT2D eigenvalue weighted by Gasteiger charge is 2.36. The molecule has 0 aromatic heterocycles. The van der Waals surface area contributed by atoms with Gasteiger partial charge in [0.2, 0.25) is 20.0 Å². The first-order valence-corrected chi connectivity index (χ1v) is 11.5. The first-order valence-electron chi connectivity index (χ1n) is 8.66. The van der Waals surface area contributed by atoms with E-state index in [2.05, 4.69) is 0 Å². The predicted molar refractivity (Wildman–Crippen MR) is 100 cm³/mol. The fraction of sp³-hybridized carbons (Fsp3) is 0.333. The first-order chi connectivity index (χ1) is 13.4. The van der Waals surface area contributed by atoms with Gasteiger partial charge in [0.1, 0.15) is 0 Å². The molecule has 0 spiro atoms. The summed E-state index contributed by atoms with van der Waals surface area (Å²) in [6.45, 7) is 1.35. The van der Waals surface area contributed by atoms with Crippen LogP contribution in [0.5, 0.6) is 0 Å². The van der Waals surface area contributed by atoms with Crippen molar-refractivity contribution in [2.24, 2.45) is 0 Å². The molecule has 0 amide bonds. The van der Waals surface area contributed by atoms with Crippen LogP contribution in [0.15, 0.2) is 58.3 Å². The van der Waals surface area contributed by atoms with Crippen LogP contribution in [0, 0.1) is 6.92 Å². The Kier molecular flexibility index (Phi) is 5.78. The summed E-state index contributed by atoms with van der Waals surface area (Å²) in [4.78, 5) is -0.362. The number of alkyl halides is 3. The summed E-state index contributed by atoms with van der Waals surface area (Å²) in [6, 6.07) is 9.82. The Morgan fingerprint density at radius 1 is 0.759 bits per heavy atom. The summed E-state index contributed by atoms with van der Waals surface area (Å²) < 4.78 is 91.7. The van der Waals surface area contributed by atoms with Gasteiger partial charge in [0.05, 0.1) is 15.4 Å². The minimum Gasteiger partial charge on any atom is -0.207 e. The van der Waals surface area contributed by atoms with Crippen molar-refractivity contribution in [2.45, 2.75) is 22.9 Å². The monoisotopic (exact) mass is 448 g/mol. The van der Waals surface area contributed by atoms with Gasteiger partial charge < -0.3 is 0 Å². The molecule has 1 aliphatic rings. The van der Waals surface area contributed by atoms with Crippen molar-refractivity contribution in [3.8, 4) is 0 Å². The SMILES string of the molecule is Cc1ccc(S(=O)(=O)N2CCN(S(=O)(=O)c3cccc(C(F)(F)F)c3)CC2)cc1. The summed E-state index contributed by atoms with van der Waals surface area (Å²) in [5.74, 6) is 0. The fourth-order valence-corrected chi connectivity index (χ4v) is 5.88. The number of piperazine rings is 1. The molecule has 0 aliphatic carbocycles. The number of benzene rings is 2. The minimum absolute atomic E-state index is 0.0889. The fourth-order valence-electron chi connectivity index (χ4n) is 2.99. The van der Waals surface area contributed by atoms with Gasteiger partial charge in [0.15, 0.2) is 0 Å². The molecule has 0 N–H and O–H groups in total. The van der Waals surface area contributed by atoms with E-state index in [1.165, 1.54) is 16.4 Å². The quantitative estimate of drug-likeness (QED) is 0.721. The lowest BCUT2D eigenvalue weighted by molar-refractivity contribution is -0.137. The molecule has 11 heteroatoms. The third-order valence-electron chi connectivity index (χ3n) is 4.66. The lowest BCUT2D eigenvalue weighted by atomic mass is 10.2. The van der Waals surface area contributed by atoms with Crippen molar-refractivity contribution < 1.29 is 30.0 Å². The maximum Gasteiger partial charge on any atom is 0.416 e. The highest BCUT2D eigenvalue weighted by atomic mass is 32.2. The summed E-state index contributed by atoms with van der Waals surface area (Å²) in [5.41, 5.74) is -0.153. The van der Waals surface area contributed by atoms with Gasteiger partial charge in [-0.15, -0.1) is 0 Å². The predicted octanol–water partition coefficient (Wildman–Crippen LogP) is 2.71. The van der Waals surface area contributed by atoms with E-state index in [-0.39, 0.29) is 31.1 Å². The van der Waals surface area contributed by atoms with Crippen molar-refractivity contribution in [3.63, 3.8) is 0 Å². The lowest BCUT2D eigenvalue weighted by Crippen LogP contribution is -2.50. The second-order valence-corrected chi connectivity index (χ2v) is 10.5. The number of halogens is 3. The third-order valence-corrected chi connectivity index (χ3v) is 8.46. The van der Waals surface area contributed by atoms with Gasteiger partial charge >= 0.3 is 6.18 Å². The Bertz CT molecular complexity index is 1090. The van der Waals surface area contributed by atoms with Crippen molar-refractivity contribution in [1.29, 1.82) is 0 Å². The van der Waals surface area contributed by atoms with Crippen molar-refractivity contribution >= 4 is 20.0 Å². The van der Waals surface area contributed by atoms with E-state index < -0.39 is 36.7 Å². The molecule has 0 radical (unpaired) electrons.